The van der Waals surface area contributed by atoms with Crippen molar-refractivity contribution in [3.8, 4) is 0 Å². The molecule has 1 aliphatic rings. The molecule has 28 heavy (non-hydrogen) atoms. The molecule has 1 N–H and O–H groups in total. The number of sulfone groups is 1. The largest absolute Gasteiger partial charge is 0.454 e. The van der Waals surface area contributed by atoms with Crippen molar-refractivity contribution < 1.29 is 22.7 Å². The Balaban J connectivity index is 1.72. The molecule has 1 saturated heterocycles. The number of aromatic nitrogens is 3. The molecule has 0 aromatic carbocycles. The Labute approximate surface area is 164 Å². The molecule has 1 fully saturated rings. The second kappa shape index (κ2) is 7.54. The molecule has 2 aromatic heterocycles. The minimum Gasteiger partial charge on any atom is -0.454 e. The molecular weight excluding hydrogens is 382 g/mol. The maximum Gasteiger partial charge on any atom is 0.342 e. The predicted molar refractivity (Wildman–Crippen MR) is 104 cm³/mol. The molecule has 0 aliphatic carbocycles. The van der Waals surface area contributed by atoms with E-state index in [2.05, 4.69) is 10.2 Å². The van der Waals surface area contributed by atoms with Gasteiger partial charge in [0.15, 0.2) is 16.4 Å². The lowest BCUT2D eigenvalue weighted by molar-refractivity contribution is 0.0473. The van der Waals surface area contributed by atoms with Gasteiger partial charge in [0, 0.05) is 23.0 Å². The number of carbonyl (C=O) groups is 2. The summed E-state index contributed by atoms with van der Waals surface area (Å²) >= 11 is 0. The molecule has 1 unspecified atom stereocenters. The first-order valence-electron chi connectivity index (χ1n) is 9.23. The van der Waals surface area contributed by atoms with E-state index in [-0.39, 0.29) is 35.9 Å². The molecule has 8 nitrogen and oxygen atoms in total. The molecule has 9 heteroatoms. The zero-order valence-electron chi connectivity index (χ0n) is 16.5. The summed E-state index contributed by atoms with van der Waals surface area (Å²) in [7, 11) is -3.03. The van der Waals surface area contributed by atoms with E-state index in [0.29, 0.717) is 28.9 Å². The highest BCUT2D eigenvalue weighted by molar-refractivity contribution is 7.91. The van der Waals surface area contributed by atoms with Crippen LogP contribution in [-0.2, 0) is 14.6 Å². The highest BCUT2D eigenvalue weighted by Gasteiger charge is 2.31. The van der Waals surface area contributed by atoms with Crippen molar-refractivity contribution >= 4 is 21.6 Å². The molecule has 0 amide bonds. The Bertz CT molecular complexity index is 1020. The van der Waals surface area contributed by atoms with Gasteiger partial charge >= 0.3 is 5.97 Å². The summed E-state index contributed by atoms with van der Waals surface area (Å²) in [5.74, 6) is -0.588. The second-order valence-electron chi connectivity index (χ2n) is 7.56. The molecular formula is C19H25N3O5S. The average molecular weight is 407 g/mol. The predicted octanol–water partition coefficient (Wildman–Crippen LogP) is 2.35. The summed E-state index contributed by atoms with van der Waals surface area (Å²) in [5, 5.41) is 6.65. The first-order chi connectivity index (χ1) is 13.1. The molecule has 0 radical (unpaired) electrons. The van der Waals surface area contributed by atoms with Gasteiger partial charge in [0.05, 0.1) is 23.4 Å². The van der Waals surface area contributed by atoms with Gasteiger partial charge in [-0.15, -0.1) is 0 Å². The molecule has 1 aliphatic heterocycles. The number of esters is 1. The molecule has 3 rings (SSSR count). The van der Waals surface area contributed by atoms with Crippen molar-refractivity contribution in [3.63, 3.8) is 0 Å². The molecule has 0 bridgehead atoms. The topological polar surface area (TPSA) is 111 Å². The smallest absolute Gasteiger partial charge is 0.342 e. The minimum atomic E-state index is -3.03. The summed E-state index contributed by atoms with van der Waals surface area (Å²) in [6.45, 7) is 7.11. The van der Waals surface area contributed by atoms with Gasteiger partial charge in [-0.3, -0.25) is 9.89 Å². The quantitative estimate of drug-likeness (QED) is 0.581. The van der Waals surface area contributed by atoms with E-state index in [1.165, 1.54) is 6.20 Å². The van der Waals surface area contributed by atoms with E-state index in [0.717, 1.165) is 5.69 Å². The number of aromatic amines is 1. The van der Waals surface area contributed by atoms with Crippen LogP contribution in [0.4, 0.5) is 0 Å². The summed E-state index contributed by atoms with van der Waals surface area (Å²) in [6.07, 6.45) is 1.94. The van der Waals surface area contributed by atoms with Crippen LogP contribution in [0.5, 0.6) is 0 Å². The number of rotatable bonds is 6. The van der Waals surface area contributed by atoms with Crippen LogP contribution in [0, 0.1) is 13.8 Å². The molecule has 3 heterocycles. The average Bonchev–Trinajstić information content (AvgIpc) is 3.30. The van der Waals surface area contributed by atoms with Gasteiger partial charge in [0.2, 0.25) is 5.78 Å². The van der Waals surface area contributed by atoms with Crippen LogP contribution < -0.4 is 0 Å². The van der Waals surface area contributed by atoms with Crippen LogP contribution in [0.15, 0.2) is 12.3 Å². The Kier molecular flexibility index (Phi) is 5.47. The SMILES string of the molecule is Cc1cc(C(=O)COC(=O)c2cn[nH]c2C(C)C)c(C)n1C1CCS(=O)(=O)C1. The van der Waals surface area contributed by atoms with Crippen molar-refractivity contribution in [2.24, 2.45) is 0 Å². The van der Waals surface area contributed by atoms with Gasteiger partial charge in [-0.05, 0) is 32.3 Å². The van der Waals surface area contributed by atoms with Crippen LogP contribution in [0.25, 0.3) is 0 Å². The molecule has 0 spiro atoms. The number of ether oxygens (including phenoxy) is 1. The third-order valence-electron chi connectivity index (χ3n) is 5.16. The number of ketones is 1. The zero-order valence-corrected chi connectivity index (χ0v) is 17.3. The number of aryl methyl sites for hydroxylation is 1. The fourth-order valence-electron chi connectivity index (χ4n) is 3.79. The number of carbonyl (C=O) groups excluding carboxylic acids is 2. The summed E-state index contributed by atoms with van der Waals surface area (Å²) in [6, 6.07) is 1.57. The number of H-pyrrole nitrogens is 1. The lowest BCUT2D eigenvalue weighted by Crippen LogP contribution is -2.17. The number of hydrogen-bond donors (Lipinski definition) is 1. The number of nitrogens with one attached hydrogen (secondary N) is 1. The third kappa shape index (κ3) is 3.89. The van der Waals surface area contributed by atoms with Gasteiger partial charge in [-0.25, -0.2) is 13.2 Å². The maximum atomic E-state index is 12.6. The maximum absolute atomic E-state index is 12.6. The minimum absolute atomic E-state index is 0.0716. The van der Waals surface area contributed by atoms with Crippen LogP contribution in [0.2, 0.25) is 0 Å². The number of Topliss-reactive ketones (excluding diaryl/α,β-unsaturated/α-hetero) is 1. The Morgan fingerprint density at radius 3 is 2.64 bits per heavy atom. The monoisotopic (exact) mass is 407 g/mol. The van der Waals surface area contributed by atoms with Gasteiger partial charge in [0.25, 0.3) is 0 Å². The normalized spacial score (nSPS) is 18.5. The van der Waals surface area contributed by atoms with Crippen molar-refractivity contribution in [3.05, 3.63) is 40.5 Å². The number of hydrogen-bond acceptors (Lipinski definition) is 6. The highest BCUT2D eigenvalue weighted by Crippen LogP contribution is 2.29. The molecule has 1 atom stereocenters. The first kappa shape index (κ1) is 20.3. The van der Waals surface area contributed by atoms with E-state index in [1.54, 1.807) is 13.0 Å². The van der Waals surface area contributed by atoms with Crippen molar-refractivity contribution in [1.29, 1.82) is 0 Å². The van der Waals surface area contributed by atoms with E-state index in [1.807, 2.05) is 25.3 Å². The van der Waals surface area contributed by atoms with E-state index in [9.17, 15) is 18.0 Å². The number of nitrogens with zero attached hydrogens (tertiary/aromatic N) is 2. The fourth-order valence-corrected chi connectivity index (χ4v) is 5.49. The summed E-state index contributed by atoms with van der Waals surface area (Å²) in [4.78, 5) is 24.9. The van der Waals surface area contributed by atoms with Crippen molar-refractivity contribution in [1.82, 2.24) is 14.8 Å². The van der Waals surface area contributed by atoms with Crippen LogP contribution in [0.3, 0.4) is 0 Å². The zero-order chi connectivity index (χ0) is 20.6. The third-order valence-corrected chi connectivity index (χ3v) is 6.91. The van der Waals surface area contributed by atoms with Crippen molar-refractivity contribution in [2.75, 3.05) is 18.1 Å². The summed E-state index contributed by atoms with van der Waals surface area (Å²) in [5.41, 5.74) is 2.96. The molecule has 2 aromatic rings. The van der Waals surface area contributed by atoms with Crippen LogP contribution >= 0.6 is 0 Å². The second-order valence-corrected chi connectivity index (χ2v) is 9.79. The standard InChI is InChI=1S/C19H25N3O5S/c1-11(2)18-16(8-20-21-18)19(24)27-9-17(23)15-7-12(3)22(13(15)4)14-5-6-28(25,26)10-14/h7-8,11,14H,5-6,9-10H2,1-4H3,(H,20,21). The first-order valence-corrected chi connectivity index (χ1v) is 11.0. The fraction of sp³-hybridized carbons (Fsp3) is 0.526. The Morgan fingerprint density at radius 2 is 2.04 bits per heavy atom. The lowest BCUT2D eigenvalue weighted by atomic mass is 10.1. The van der Waals surface area contributed by atoms with Gasteiger partial charge in [-0.1, -0.05) is 13.8 Å². The van der Waals surface area contributed by atoms with Gasteiger partial charge in [0.1, 0.15) is 5.56 Å². The lowest BCUT2D eigenvalue weighted by Gasteiger charge is -2.16. The van der Waals surface area contributed by atoms with Crippen LogP contribution in [0.1, 0.15) is 70.0 Å². The van der Waals surface area contributed by atoms with Gasteiger partial charge < -0.3 is 9.30 Å². The van der Waals surface area contributed by atoms with E-state index >= 15 is 0 Å². The highest BCUT2D eigenvalue weighted by atomic mass is 32.2. The van der Waals surface area contributed by atoms with Crippen molar-refractivity contribution in [2.45, 2.75) is 46.1 Å². The van der Waals surface area contributed by atoms with E-state index in [4.69, 9.17) is 4.74 Å². The summed E-state index contributed by atoms with van der Waals surface area (Å²) < 4.78 is 30.7. The van der Waals surface area contributed by atoms with E-state index < -0.39 is 15.8 Å². The van der Waals surface area contributed by atoms with Crippen LogP contribution in [-0.4, -0.2) is 53.0 Å². The Hall–Kier alpha value is -2.42. The molecule has 0 saturated carbocycles. The van der Waals surface area contributed by atoms with Gasteiger partial charge in [-0.2, -0.15) is 5.10 Å². The Morgan fingerprint density at radius 1 is 1.32 bits per heavy atom. The molecule has 152 valence electrons.